The van der Waals surface area contributed by atoms with Gasteiger partial charge in [-0.05, 0) is 24.5 Å². The number of fused-ring (bicyclic) bond motifs is 2. The first-order valence-corrected chi connectivity index (χ1v) is 9.60. The van der Waals surface area contributed by atoms with Gasteiger partial charge < -0.3 is 19.4 Å². The number of benzene rings is 2. The molecule has 1 fully saturated rings. The summed E-state index contributed by atoms with van der Waals surface area (Å²) in [6.07, 6.45) is 2.58. The Bertz CT molecular complexity index is 877. The highest BCUT2D eigenvalue weighted by Gasteiger charge is 2.18. The van der Waals surface area contributed by atoms with Gasteiger partial charge in [-0.2, -0.15) is 0 Å². The standard InChI is InChI=1S/C19H19N3O2S/c1-2-6-16(22-7-3-4-8-22)13(5-1)11-25-19-20-14-9-17-18(24-12-23-17)10-15(14)21-19/h1-2,5-6,9-10H,3-4,7-8,11-12H2,(H,20,21). The van der Waals surface area contributed by atoms with Gasteiger partial charge in [0.05, 0.1) is 11.0 Å². The van der Waals surface area contributed by atoms with Gasteiger partial charge in [-0.25, -0.2) is 4.98 Å². The number of thioether (sulfide) groups is 1. The highest BCUT2D eigenvalue weighted by Crippen LogP contribution is 2.36. The molecule has 2 aromatic carbocycles. The van der Waals surface area contributed by atoms with Gasteiger partial charge in [0.15, 0.2) is 16.7 Å². The quantitative estimate of drug-likeness (QED) is 0.713. The molecule has 0 radical (unpaired) electrons. The molecular formula is C19H19N3O2S. The van der Waals surface area contributed by atoms with Crippen LogP contribution in [0, 0.1) is 0 Å². The molecule has 25 heavy (non-hydrogen) atoms. The molecule has 2 aliphatic rings. The van der Waals surface area contributed by atoms with Gasteiger partial charge in [0.25, 0.3) is 0 Å². The lowest BCUT2D eigenvalue weighted by atomic mass is 10.2. The van der Waals surface area contributed by atoms with Crippen LogP contribution < -0.4 is 14.4 Å². The molecule has 0 unspecified atom stereocenters. The Morgan fingerprint density at radius 1 is 1.08 bits per heavy atom. The zero-order valence-corrected chi connectivity index (χ0v) is 14.6. The number of aromatic amines is 1. The minimum atomic E-state index is 0.289. The van der Waals surface area contributed by atoms with Gasteiger partial charge in [-0.3, -0.25) is 0 Å². The molecule has 3 aromatic rings. The fourth-order valence-corrected chi connectivity index (χ4v) is 4.37. The third-order valence-electron chi connectivity index (χ3n) is 4.76. The normalized spacial score (nSPS) is 16.1. The molecule has 3 heterocycles. The number of rotatable bonds is 4. The zero-order valence-electron chi connectivity index (χ0n) is 13.8. The number of para-hydroxylation sites is 1. The summed E-state index contributed by atoms with van der Waals surface area (Å²) in [6, 6.07) is 12.6. The van der Waals surface area contributed by atoms with E-state index >= 15 is 0 Å². The summed E-state index contributed by atoms with van der Waals surface area (Å²) in [5.74, 6) is 2.46. The maximum Gasteiger partial charge on any atom is 0.231 e. The molecule has 1 saturated heterocycles. The van der Waals surface area contributed by atoms with Gasteiger partial charge in [0, 0.05) is 36.7 Å². The van der Waals surface area contributed by atoms with E-state index in [1.807, 2.05) is 12.1 Å². The summed E-state index contributed by atoms with van der Waals surface area (Å²) in [5, 5.41) is 0.926. The van der Waals surface area contributed by atoms with Crippen molar-refractivity contribution >= 4 is 28.5 Å². The smallest absolute Gasteiger partial charge is 0.231 e. The predicted molar refractivity (Wildman–Crippen MR) is 99.7 cm³/mol. The van der Waals surface area contributed by atoms with Crippen LogP contribution in [0.2, 0.25) is 0 Å². The van der Waals surface area contributed by atoms with Crippen LogP contribution in [0.4, 0.5) is 5.69 Å². The molecule has 2 aliphatic heterocycles. The van der Waals surface area contributed by atoms with Crippen LogP contribution in [0.25, 0.3) is 11.0 Å². The summed E-state index contributed by atoms with van der Waals surface area (Å²) in [6.45, 7) is 2.62. The van der Waals surface area contributed by atoms with Crippen molar-refractivity contribution in [2.45, 2.75) is 23.8 Å². The number of aromatic nitrogens is 2. The second-order valence-electron chi connectivity index (χ2n) is 6.38. The number of nitrogens with zero attached hydrogens (tertiary/aromatic N) is 2. The van der Waals surface area contributed by atoms with Crippen LogP contribution in [-0.4, -0.2) is 29.9 Å². The Labute approximate surface area is 150 Å². The van der Waals surface area contributed by atoms with E-state index < -0.39 is 0 Å². The molecule has 6 heteroatoms. The van der Waals surface area contributed by atoms with E-state index in [4.69, 9.17) is 14.5 Å². The summed E-state index contributed by atoms with van der Waals surface area (Å²) >= 11 is 1.73. The molecule has 1 aromatic heterocycles. The molecule has 0 saturated carbocycles. The van der Waals surface area contributed by atoms with Crippen molar-refractivity contribution in [3.05, 3.63) is 42.0 Å². The maximum atomic E-state index is 5.44. The van der Waals surface area contributed by atoms with E-state index in [2.05, 4.69) is 34.1 Å². The van der Waals surface area contributed by atoms with E-state index in [9.17, 15) is 0 Å². The van der Waals surface area contributed by atoms with Gasteiger partial charge in [0.2, 0.25) is 6.79 Å². The number of ether oxygens (including phenoxy) is 2. The van der Waals surface area contributed by atoms with Crippen molar-refractivity contribution in [1.29, 1.82) is 0 Å². The Kier molecular flexibility index (Phi) is 3.70. The van der Waals surface area contributed by atoms with Crippen LogP contribution in [0.3, 0.4) is 0 Å². The Balaban J connectivity index is 1.37. The topological polar surface area (TPSA) is 50.4 Å². The van der Waals surface area contributed by atoms with Gasteiger partial charge in [0.1, 0.15) is 0 Å². The van der Waals surface area contributed by atoms with E-state index in [0.29, 0.717) is 0 Å². The van der Waals surface area contributed by atoms with Crippen LogP contribution >= 0.6 is 11.8 Å². The number of hydrogen-bond donors (Lipinski definition) is 1. The first-order valence-electron chi connectivity index (χ1n) is 8.62. The molecule has 0 atom stereocenters. The highest BCUT2D eigenvalue weighted by molar-refractivity contribution is 7.98. The number of H-pyrrole nitrogens is 1. The highest BCUT2D eigenvalue weighted by atomic mass is 32.2. The lowest BCUT2D eigenvalue weighted by Gasteiger charge is -2.21. The third-order valence-corrected chi connectivity index (χ3v) is 5.68. The molecule has 0 amide bonds. The van der Waals surface area contributed by atoms with Crippen LogP contribution in [0.15, 0.2) is 41.6 Å². The maximum absolute atomic E-state index is 5.44. The predicted octanol–water partition coefficient (Wildman–Crippen LogP) is 4.18. The minimum Gasteiger partial charge on any atom is -0.454 e. The average Bonchev–Trinajstić information content (AvgIpc) is 3.37. The van der Waals surface area contributed by atoms with Crippen molar-refractivity contribution < 1.29 is 9.47 Å². The van der Waals surface area contributed by atoms with Crippen LogP contribution in [0.1, 0.15) is 18.4 Å². The van der Waals surface area contributed by atoms with Gasteiger partial charge >= 0.3 is 0 Å². The second kappa shape index (κ2) is 6.19. The first kappa shape index (κ1) is 15.0. The molecule has 0 bridgehead atoms. The summed E-state index contributed by atoms with van der Waals surface area (Å²) in [4.78, 5) is 10.6. The zero-order chi connectivity index (χ0) is 16.6. The SMILES string of the molecule is c1ccc(N2CCCC2)c(CSc2nc3cc4c(cc3[nH]2)OCO4)c1. The summed E-state index contributed by atoms with van der Waals surface area (Å²) < 4.78 is 10.9. The Morgan fingerprint density at radius 2 is 1.88 bits per heavy atom. The molecule has 5 rings (SSSR count). The van der Waals surface area contributed by atoms with Crippen molar-refractivity contribution in [1.82, 2.24) is 9.97 Å². The monoisotopic (exact) mass is 353 g/mol. The van der Waals surface area contributed by atoms with Crippen molar-refractivity contribution in [2.75, 3.05) is 24.8 Å². The van der Waals surface area contributed by atoms with Gasteiger partial charge in [-0.15, -0.1) is 0 Å². The fourth-order valence-electron chi connectivity index (χ4n) is 3.49. The lowest BCUT2D eigenvalue weighted by Crippen LogP contribution is -2.18. The number of nitrogens with one attached hydrogen (secondary N) is 1. The Morgan fingerprint density at radius 3 is 2.76 bits per heavy atom. The first-order chi connectivity index (χ1) is 12.4. The molecule has 0 spiro atoms. The van der Waals surface area contributed by atoms with Crippen LogP contribution in [-0.2, 0) is 5.75 Å². The third kappa shape index (κ3) is 2.80. The molecular weight excluding hydrogens is 334 g/mol. The van der Waals surface area contributed by atoms with Gasteiger partial charge in [-0.1, -0.05) is 30.0 Å². The molecule has 128 valence electrons. The average molecular weight is 353 g/mol. The van der Waals surface area contributed by atoms with Crippen molar-refractivity contribution in [3.63, 3.8) is 0 Å². The minimum absolute atomic E-state index is 0.289. The Hall–Kier alpha value is -2.34. The molecule has 1 N–H and O–H groups in total. The fraction of sp³-hybridized carbons (Fsp3) is 0.316. The second-order valence-corrected chi connectivity index (χ2v) is 7.34. The van der Waals surface area contributed by atoms with E-state index in [1.54, 1.807) is 11.8 Å². The number of imidazole rings is 1. The van der Waals surface area contributed by atoms with Crippen molar-refractivity contribution in [3.8, 4) is 11.5 Å². The van der Waals surface area contributed by atoms with E-state index in [-0.39, 0.29) is 6.79 Å². The summed E-state index contributed by atoms with van der Waals surface area (Å²) in [5.41, 5.74) is 4.63. The molecule has 0 aliphatic carbocycles. The van der Waals surface area contributed by atoms with Crippen molar-refractivity contribution in [2.24, 2.45) is 0 Å². The largest absolute Gasteiger partial charge is 0.454 e. The molecule has 5 nitrogen and oxygen atoms in total. The lowest BCUT2D eigenvalue weighted by molar-refractivity contribution is 0.174. The number of hydrogen-bond acceptors (Lipinski definition) is 5. The van der Waals surface area contributed by atoms with Crippen LogP contribution in [0.5, 0.6) is 11.5 Å². The number of anilines is 1. The van der Waals surface area contributed by atoms with E-state index in [1.165, 1.54) is 24.1 Å². The summed E-state index contributed by atoms with van der Waals surface area (Å²) in [7, 11) is 0. The van der Waals surface area contributed by atoms with E-state index in [0.717, 1.165) is 46.5 Å².